The Labute approximate surface area is 233 Å². The van der Waals surface area contributed by atoms with E-state index in [1.807, 2.05) is 42.5 Å². The average molecular weight is 548 g/mol. The zero-order valence-electron chi connectivity index (χ0n) is 22.3. The minimum Gasteiger partial charge on any atom is -0.485 e. The maximum absolute atomic E-state index is 13.4. The van der Waals surface area contributed by atoms with Gasteiger partial charge in [0.2, 0.25) is 5.95 Å². The van der Waals surface area contributed by atoms with E-state index < -0.39 is 12.2 Å². The molecule has 0 radical (unpaired) electrons. The highest BCUT2D eigenvalue weighted by atomic mass is 19.1. The number of amides is 1. The molecule has 2 aliphatic heterocycles. The monoisotopic (exact) mass is 547 g/mol. The SMILES string of the molecule is O=C(NOC1CCCCO1)c1cnc(N2CCN(CC(/C=C/c3ccccc3)Oc3ccc(F)cc3)CC2)nc1. The van der Waals surface area contributed by atoms with Crippen LogP contribution in [0.1, 0.15) is 35.2 Å². The van der Waals surface area contributed by atoms with Crippen LogP contribution in [0.15, 0.2) is 73.1 Å². The third-order valence-electron chi connectivity index (χ3n) is 6.82. The molecule has 2 aromatic carbocycles. The van der Waals surface area contributed by atoms with E-state index in [0.29, 0.717) is 30.4 Å². The summed E-state index contributed by atoms with van der Waals surface area (Å²) in [5, 5.41) is 0. The molecule has 210 valence electrons. The lowest BCUT2D eigenvalue weighted by atomic mass is 10.1. The van der Waals surface area contributed by atoms with Gasteiger partial charge >= 0.3 is 0 Å². The summed E-state index contributed by atoms with van der Waals surface area (Å²) in [6.45, 7) is 4.38. The molecule has 2 fully saturated rings. The van der Waals surface area contributed by atoms with Crippen molar-refractivity contribution < 1.29 is 23.5 Å². The standard InChI is InChI=1S/C30H34FN5O4/c31-25-10-13-26(14-11-25)39-27(12-9-23-6-2-1-3-7-23)22-35-15-17-36(18-16-35)30-32-20-24(21-33-30)29(37)34-40-28-8-4-5-19-38-28/h1-3,6-7,9-14,20-21,27-28H,4-5,8,15-19,22H2,(H,34,37)/b12-9+. The Morgan fingerprint density at radius 3 is 2.50 bits per heavy atom. The zero-order chi connectivity index (χ0) is 27.6. The molecule has 0 spiro atoms. The first kappa shape index (κ1) is 27.7. The second-order valence-electron chi connectivity index (χ2n) is 9.78. The number of benzene rings is 2. The largest absolute Gasteiger partial charge is 0.485 e. The fraction of sp³-hybridized carbons (Fsp3) is 0.367. The second kappa shape index (κ2) is 14.0. The molecule has 40 heavy (non-hydrogen) atoms. The minimum absolute atomic E-state index is 0.215. The van der Waals surface area contributed by atoms with Gasteiger partial charge in [-0.2, -0.15) is 0 Å². The molecule has 2 atom stereocenters. The van der Waals surface area contributed by atoms with Gasteiger partial charge in [-0.1, -0.05) is 36.4 Å². The number of nitrogens with one attached hydrogen (secondary N) is 1. The molecule has 10 heteroatoms. The van der Waals surface area contributed by atoms with Crippen molar-refractivity contribution in [2.45, 2.75) is 31.7 Å². The molecular formula is C30H34FN5O4. The van der Waals surface area contributed by atoms with E-state index in [2.05, 4.69) is 25.2 Å². The summed E-state index contributed by atoms with van der Waals surface area (Å²) in [5.41, 5.74) is 3.84. The minimum atomic E-state index is -0.413. The topological polar surface area (TPSA) is 89.1 Å². The van der Waals surface area contributed by atoms with Crippen LogP contribution in [0.25, 0.3) is 6.08 Å². The van der Waals surface area contributed by atoms with Gasteiger partial charge < -0.3 is 14.4 Å². The summed E-state index contributed by atoms with van der Waals surface area (Å²) in [4.78, 5) is 31.0. The van der Waals surface area contributed by atoms with E-state index in [4.69, 9.17) is 14.3 Å². The smallest absolute Gasteiger partial charge is 0.278 e. The Morgan fingerprint density at radius 1 is 1.05 bits per heavy atom. The Hall–Kier alpha value is -3.86. The van der Waals surface area contributed by atoms with Gasteiger partial charge in [0.05, 0.1) is 5.56 Å². The fourth-order valence-electron chi connectivity index (χ4n) is 4.58. The summed E-state index contributed by atoms with van der Waals surface area (Å²) < 4.78 is 25.1. The molecule has 1 aromatic heterocycles. The van der Waals surface area contributed by atoms with Gasteiger partial charge in [-0.25, -0.2) is 24.7 Å². The van der Waals surface area contributed by atoms with E-state index in [-0.39, 0.29) is 11.9 Å². The van der Waals surface area contributed by atoms with E-state index in [9.17, 15) is 9.18 Å². The number of piperazine rings is 1. The van der Waals surface area contributed by atoms with E-state index in [0.717, 1.165) is 51.0 Å². The predicted octanol–water partition coefficient (Wildman–Crippen LogP) is 4.09. The molecule has 0 bridgehead atoms. The van der Waals surface area contributed by atoms with Crippen LogP contribution in [0.4, 0.5) is 10.3 Å². The van der Waals surface area contributed by atoms with Crippen molar-refractivity contribution >= 4 is 17.9 Å². The third-order valence-corrected chi connectivity index (χ3v) is 6.82. The summed E-state index contributed by atoms with van der Waals surface area (Å²) in [6.07, 6.45) is 9.25. The number of halogens is 1. The molecule has 2 unspecified atom stereocenters. The number of nitrogens with zero attached hydrogens (tertiary/aromatic N) is 4. The molecule has 5 rings (SSSR count). The normalized spacial score (nSPS) is 18.9. The Bertz CT molecular complexity index is 1230. The van der Waals surface area contributed by atoms with Crippen LogP contribution in [0.5, 0.6) is 5.75 Å². The maximum atomic E-state index is 13.4. The quantitative estimate of drug-likeness (QED) is 0.380. The maximum Gasteiger partial charge on any atom is 0.278 e. The van der Waals surface area contributed by atoms with E-state index in [1.165, 1.54) is 24.5 Å². The number of hydroxylamine groups is 1. The van der Waals surface area contributed by atoms with Crippen molar-refractivity contribution in [3.05, 3.63) is 90.0 Å². The first-order chi connectivity index (χ1) is 19.6. The van der Waals surface area contributed by atoms with Crippen LogP contribution in [-0.4, -0.2) is 72.5 Å². The van der Waals surface area contributed by atoms with Crippen LogP contribution in [-0.2, 0) is 9.57 Å². The third kappa shape index (κ3) is 8.08. The molecule has 1 N–H and O–H groups in total. The van der Waals surface area contributed by atoms with Gasteiger partial charge in [0.1, 0.15) is 17.7 Å². The number of carbonyl (C=O) groups is 1. The summed E-state index contributed by atoms with van der Waals surface area (Å²) in [5.74, 6) is 0.507. The number of hydrogen-bond acceptors (Lipinski definition) is 8. The molecule has 0 saturated carbocycles. The Balaban J connectivity index is 1.13. The van der Waals surface area contributed by atoms with E-state index in [1.54, 1.807) is 12.1 Å². The van der Waals surface area contributed by atoms with Crippen molar-refractivity contribution in [3.8, 4) is 5.75 Å². The first-order valence-electron chi connectivity index (χ1n) is 13.6. The number of carbonyl (C=O) groups excluding carboxylic acids is 1. The van der Waals surface area contributed by atoms with Crippen LogP contribution in [0.2, 0.25) is 0 Å². The van der Waals surface area contributed by atoms with Crippen LogP contribution < -0.4 is 15.1 Å². The highest BCUT2D eigenvalue weighted by molar-refractivity contribution is 5.92. The Kier molecular flexibility index (Phi) is 9.68. The van der Waals surface area contributed by atoms with Crippen molar-refractivity contribution in [2.75, 3.05) is 44.2 Å². The fourth-order valence-corrected chi connectivity index (χ4v) is 4.58. The number of aromatic nitrogens is 2. The van der Waals surface area contributed by atoms with Crippen LogP contribution in [0.3, 0.4) is 0 Å². The van der Waals surface area contributed by atoms with Crippen molar-refractivity contribution in [1.82, 2.24) is 20.3 Å². The molecule has 2 saturated heterocycles. The van der Waals surface area contributed by atoms with Crippen molar-refractivity contribution in [1.29, 1.82) is 0 Å². The lowest BCUT2D eigenvalue weighted by Gasteiger charge is -2.36. The molecule has 3 aromatic rings. The first-order valence-corrected chi connectivity index (χ1v) is 13.6. The number of rotatable bonds is 10. The highest BCUT2D eigenvalue weighted by Crippen LogP contribution is 2.17. The van der Waals surface area contributed by atoms with Gasteiger partial charge in [0, 0.05) is 58.1 Å². The molecule has 2 aliphatic rings. The Morgan fingerprint density at radius 2 is 1.80 bits per heavy atom. The van der Waals surface area contributed by atoms with E-state index >= 15 is 0 Å². The van der Waals surface area contributed by atoms with Crippen LogP contribution >= 0.6 is 0 Å². The van der Waals surface area contributed by atoms with Gasteiger partial charge in [-0.3, -0.25) is 9.69 Å². The van der Waals surface area contributed by atoms with Gasteiger partial charge in [0.25, 0.3) is 5.91 Å². The van der Waals surface area contributed by atoms with Crippen molar-refractivity contribution in [3.63, 3.8) is 0 Å². The van der Waals surface area contributed by atoms with Gasteiger partial charge in [-0.05, 0) is 48.7 Å². The molecular weight excluding hydrogens is 513 g/mol. The molecule has 0 aliphatic carbocycles. The number of anilines is 1. The lowest BCUT2D eigenvalue weighted by Crippen LogP contribution is -2.49. The zero-order valence-corrected chi connectivity index (χ0v) is 22.3. The summed E-state index contributed by atoms with van der Waals surface area (Å²) >= 11 is 0. The average Bonchev–Trinajstić information content (AvgIpc) is 3.01. The summed E-state index contributed by atoms with van der Waals surface area (Å²) in [7, 11) is 0. The van der Waals surface area contributed by atoms with Gasteiger partial charge in [0.15, 0.2) is 6.29 Å². The number of hydrogen-bond donors (Lipinski definition) is 1. The second-order valence-corrected chi connectivity index (χ2v) is 9.78. The lowest BCUT2D eigenvalue weighted by molar-refractivity contribution is -0.186. The van der Waals surface area contributed by atoms with Gasteiger partial charge in [-0.15, -0.1) is 0 Å². The van der Waals surface area contributed by atoms with Crippen molar-refractivity contribution in [2.24, 2.45) is 0 Å². The predicted molar refractivity (Wildman–Crippen MR) is 149 cm³/mol. The molecule has 3 heterocycles. The summed E-state index contributed by atoms with van der Waals surface area (Å²) in [6, 6.07) is 16.2. The molecule has 1 amide bonds. The highest BCUT2D eigenvalue weighted by Gasteiger charge is 2.22. The molecule has 9 nitrogen and oxygen atoms in total. The number of ether oxygens (including phenoxy) is 2. The van der Waals surface area contributed by atoms with Crippen LogP contribution in [0, 0.1) is 5.82 Å².